The molecule has 0 aliphatic carbocycles. The fourth-order valence-corrected chi connectivity index (χ4v) is 3.06. The Hall–Kier alpha value is -0.870. The van der Waals surface area contributed by atoms with Crippen molar-refractivity contribution < 1.29 is 0 Å². The molecule has 1 aliphatic heterocycles. The highest BCUT2D eigenvalue weighted by Crippen LogP contribution is 2.27. The van der Waals surface area contributed by atoms with Crippen molar-refractivity contribution in [3.63, 3.8) is 0 Å². The fourth-order valence-electron chi connectivity index (χ4n) is 2.29. The number of imidazole rings is 1. The van der Waals surface area contributed by atoms with Crippen molar-refractivity contribution >= 4 is 16.3 Å². The van der Waals surface area contributed by atoms with Gasteiger partial charge in [0.15, 0.2) is 4.96 Å². The molecule has 4 heteroatoms. The number of hydrogen-bond donors (Lipinski definition) is 1. The van der Waals surface area contributed by atoms with E-state index < -0.39 is 0 Å². The van der Waals surface area contributed by atoms with Crippen molar-refractivity contribution in [1.82, 2.24) is 14.7 Å². The van der Waals surface area contributed by atoms with Gasteiger partial charge < -0.3 is 5.32 Å². The third-order valence-electron chi connectivity index (χ3n) is 2.93. The molecule has 1 fully saturated rings. The highest BCUT2D eigenvalue weighted by molar-refractivity contribution is 7.15. The molecule has 3 rings (SSSR count). The molecule has 0 spiro atoms. The normalized spacial score (nSPS) is 22.2. The van der Waals surface area contributed by atoms with Crippen molar-refractivity contribution in [2.24, 2.45) is 0 Å². The molecular formula is C10H13N3S. The molecule has 2 aromatic rings. The predicted octanol–water partition coefficient (Wildman–Crippen LogP) is 1.78. The molecular weight excluding hydrogens is 194 g/mol. The number of thiazole rings is 1. The fraction of sp³-hybridized carbons (Fsp3) is 0.500. The number of aryl methyl sites for hydroxylation is 1. The van der Waals surface area contributed by atoms with Crippen molar-refractivity contribution in [1.29, 1.82) is 0 Å². The molecule has 0 saturated carbocycles. The standard InChI is InChI=1S/C10H13N3S/c1-7-9(8-2-3-11-6-8)13-4-5-14-10(13)12-7/h4-5,8,11H,2-3,6H2,1H3. The molecule has 0 aromatic carbocycles. The summed E-state index contributed by atoms with van der Waals surface area (Å²) in [4.78, 5) is 5.70. The van der Waals surface area contributed by atoms with Crippen molar-refractivity contribution in [2.45, 2.75) is 19.3 Å². The summed E-state index contributed by atoms with van der Waals surface area (Å²) in [5.41, 5.74) is 2.61. The molecule has 1 N–H and O–H groups in total. The molecule has 14 heavy (non-hydrogen) atoms. The number of fused-ring (bicyclic) bond motifs is 1. The monoisotopic (exact) mass is 207 g/mol. The number of hydrogen-bond acceptors (Lipinski definition) is 3. The first-order valence-electron chi connectivity index (χ1n) is 4.99. The van der Waals surface area contributed by atoms with Gasteiger partial charge in [-0.1, -0.05) is 0 Å². The van der Waals surface area contributed by atoms with E-state index >= 15 is 0 Å². The SMILES string of the molecule is Cc1nc2sccn2c1C1CCNC1. The first kappa shape index (κ1) is 8.44. The van der Waals surface area contributed by atoms with Gasteiger partial charge in [0, 0.05) is 24.0 Å². The van der Waals surface area contributed by atoms with Crippen LogP contribution in [-0.4, -0.2) is 22.5 Å². The number of aromatic nitrogens is 2. The molecule has 3 heterocycles. The molecule has 0 amide bonds. The zero-order valence-electron chi connectivity index (χ0n) is 8.16. The Morgan fingerprint density at radius 3 is 3.36 bits per heavy atom. The maximum absolute atomic E-state index is 4.57. The minimum atomic E-state index is 0.652. The average Bonchev–Trinajstić information content (AvgIpc) is 2.78. The van der Waals surface area contributed by atoms with Gasteiger partial charge in [-0.3, -0.25) is 4.40 Å². The van der Waals surface area contributed by atoms with Crippen LogP contribution in [0.2, 0.25) is 0 Å². The van der Waals surface area contributed by atoms with Crippen LogP contribution >= 0.6 is 11.3 Å². The van der Waals surface area contributed by atoms with Crippen LogP contribution in [0, 0.1) is 6.92 Å². The summed E-state index contributed by atoms with van der Waals surface area (Å²) in [7, 11) is 0. The van der Waals surface area contributed by atoms with Gasteiger partial charge in [-0.05, 0) is 19.9 Å². The third-order valence-corrected chi connectivity index (χ3v) is 3.69. The van der Waals surface area contributed by atoms with Gasteiger partial charge in [0.2, 0.25) is 0 Å². The summed E-state index contributed by atoms with van der Waals surface area (Å²) in [6.07, 6.45) is 3.37. The van der Waals surface area contributed by atoms with Gasteiger partial charge in [-0.25, -0.2) is 4.98 Å². The molecule has 1 aliphatic rings. The second kappa shape index (κ2) is 3.07. The van der Waals surface area contributed by atoms with Crippen LogP contribution in [0.5, 0.6) is 0 Å². The van der Waals surface area contributed by atoms with Gasteiger partial charge in [-0.15, -0.1) is 11.3 Å². The third kappa shape index (κ3) is 1.11. The molecule has 3 nitrogen and oxygen atoms in total. The summed E-state index contributed by atoms with van der Waals surface area (Å²) >= 11 is 1.71. The molecule has 1 atom stereocenters. The number of rotatable bonds is 1. The zero-order chi connectivity index (χ0) is 9.54. The zero-order valence-corrected chi connectivity index (χ0v) is 8.97. The van der Waals surface area contributed by atoms with Crippen LogP contribution in [0.3, 0.4) is 0 Å². The Morgan fingerprint density at radius 1 is 1.64 bits per heavy atom. The van der Waals surface area contributed by atoms with E-state index in [1.807, 2.05) is 0 Å². The topological polar surface area (TPSA) is 29.3 Å². The number of nitrogens with one attached hydrogen (secondary N) is 1. The lowest BCUT2D eigenvalue weighted by molar-refractivity contribution is 0.721. The van der Waals surface area contributed by atoms with E-state index in [0.29, 0.717) is 5.92 Å². The van der Waals surface area contributed by atoms with Gasteiger partial charge in [0.25, 0.3) is 0 Å². The molecule has 2 aromatic heterocycles. The van der Waals surface area contributed by atoms with E-state index in [-0.39, 0.29) is 0 Å². The maximum Gasteiger partial charge on any atom is 0.194 e. The summed E-state index contributed by atoms with van der Waals surface area (Å²) in [6.45, 7) is 4.36. The van der Waals surface area contributed by atoms with Crippen LogP contribution < -0.4 is 5.32 Å². The lowest BCUT2D eigenvalue weighted by atomic mass is 10.0. The Labute approximate surface area is 86.8 Å². The largest absolute Gasteiger partial charge is 0.316 e. The van der Waals surface area contributed by atoms with Crippen LogP contribution in [0.25, 0.3) is 4.96 Å². The summed E-state index contributed by atoms with van der Waals surface area (Å²) in [5, 5.41) is 5.51. The van der Waals surface area contributed by atoms with Crippen molar-refractivity contribution in [3.8, 4) is 0 Å². The minimum Gasteiger partial charge on any atom is -0.316 e. The quantitative estimate of drug-likeness (QED) is 0.772. The van der Waals surface area contributed by atoms with Crippen LogP contribution in [-0.2, 0) is 0 Å². The molecule has 1 saturated heterocycles. The molecule has 1 unspecified atom stereocenters. The van der Waals surface area contributed by atoms with E-state index in [2.05, 4.69) is 33.2 Å². The van der Waals surface area contributed by atoms with E-state index in [4.69, 9.17) is 0 Å². The van der Waals surface area contributed by atoms with Crippen molar-refractivity contribution in [3.05, 3.63) is 23.0 Å². The summed E-state index contributed by atoms with van der Waals surface area (Å²) in [5.74, 6) is 0.652. The summed E-state index contributed by atoms with van der Waals surface area (Å²) < 4.78 is 2.25. The Balaban J connectivity index is 2.16. The van der Waals surface area contributed by atoms with Crippen LogP contribution in [0.1, 0.15) is 23.7 Å². The Morgan fingerprint density at radius 2 is 2.57 bits per heavy atom. The van der Waals surface area contributed by atoms with Gasteiger partial charge in [-0.2, -0.15) is 0 Å². The first-order valence-corrected chi connectivity index (χ1v) is 5.87. The molecule has 0 radical (unpaired) electrons. The van der Waals surface area contributed by atoms with E-state index in [9.17, 15) is 0 Å². The minimum absolute atomic E-state index is 0.652. The average molecular weight is 207 g/mol. The lowest BCUT2D eigenvalue weighted by Gasteiger charge is -2.07. The van der Waals surface area contributed by atoms with E-state index in [1.165, 1.54) is 17.8 Å². The van der Waals surface area contributed by atoms with Gasteiger partial charge in [0.05, 0.1) is 11.4 Å². The lowest BCUT2D eigenvalue weighted by Crippen LogP contribution is -2.09. The predicted molar refractivity (Wildman–Crippen MR) is 58.0 cm³/mol. The second-order valence-electron chi connectivity index (χ2n) is 3.83. The van der Waals surface area contributed by atoms with E-state index in [0.717, 1.165) is 18.1 Å². The Bertz CT molecular complexity index is 451. The van der Waals surface area contributed by atoms with Gasteiger partial charge >= 0.3 is 0 Å². The summed E-state index contributed by atoms with van der Waals surface area (Å²) in [6, 6.07) is 0. The highest BCUT2D eigenvalue weighted by Gasteiger charge is 2.22. The smallest absolute Gasteiger partial charge is 0.194 e. The Kier molecular flexibility index (Phi) is 1.85. The highest BCUT2D eigenvalue weighted by atomic mass is 32.1. The van der Waals surface area contributed by atoms with Crippen molar-refractivity contribution in [2.75, 3.05) is 13.1 Å². The number of nitrogens with zero attached hydrogens (tertiary/aromatic N) is 2. The molecule has 74 valence electrons. The first-order chi connectivity index (χ1) is 6.86. The molecule has 0 bridgehead atoms. The van der Waals surface area contributed by atoms with E-state index in [1.54, 1.807) is 11.3 Å². The van der Waals surface area contributed by atoms with Crippen LogP contribution in [0.15, 0.2) is 11.6 Å². The van der Waals surface area contributed by atoms with Crippen LogP contribution in [0.4, 0.5) is 0 Å². The maximum atomic E-state index is 4.57. The second-order valence-corrected chi connectivity index (χ2v) is 4.70. The van der Waals surface area contributed by atoms with Gasteiger partial charge in [0.1, 0.15) is 0 Å².